The fourth-order valence-corrected chi connectivity index (χ4v) is 2.28. The van der Waals surface area contributed by atoms with Crippen molar-refractivity contribution in [1.29, 1.82) is 0 Å². The van der Waals surface area contributed by atoms with Crippen molar-refractivity contribution in [1.82, 2.24) is 15.5 Å². The lowest BCUT2D eigenvalue weighted by Crippen LogP contribution is -2.39. The molecule has 0 spiro atoms. The Labute approximate surface area is 143 Å². The van der Waals surface area contributed by atoms with Crippen molar-refractivity contribution in [3.05, 3.63) is 35.4 Å². The smallest absolute Gasteiger partial charge is 0.191 e. The highest BCUT2D eigenvalue weighted by atomic mass is 19.1. The van der Waals surface area contributed by atoms with Gasteiger partial charge in [-0.2, -0.15) is 0 Å². The van der Waals surface area contributed by atoms with Crippen LogP contribution in [0.3, 0.4) is 0 Å². The number of hydrogen-bond acceptors (Lipinski definition) is 3. The van der Waals surface area contributed by atoms with Gasteiger partial charge in [-0.3, -0.25) is 4.99 Å². The number of rotatable bonds is 9. The third-order valence-corrected chi connectivity index (χ3v) is 3.54. The molecule has 1 atom stereocenters. The first-order chi connectivity index (χ1) is 11.5. The lowest BCUT2D eigenvalue weighted by molar-refractivity contribution is 0.195. The number of aliphatic imine (C=N–C) groups is 1. The van der Waals surface area contributed by atoms with Crippen molar-refractivity contribution >= 4 is 5.96 Å². The molecule has 0 amide bonds. The molecule has 5 nitrogen and oxygen atoms in total. The van der Waals surface area contributed by atoms with E-state index >= 15 is 0 Å². The number of methoxy groups -OCH3 is 1. The summed E-state index contributed by atoms with van der Waals surface area (Å²) in [4.78, 5) is 6.23. The second-order valence-corrected chi connectivity index (χ2v) is 5.61. The summed E-state index contributed by atoms with van der Waals surface area (Å²) in [6.45, 7) is 4.28. The summed E-state index contributed by atoms with van der Waals surface area (Å²) < 4.78 is 33.1. The number of halogens is 2. The molecule has 1 aromatic carbocycles. The monoisotopic (exact) mass is 342 g/mol. The van der Waals surface area contributed by atoms with E-state index in [1.807, 2.05) is 6.92 Å². The minimum atomic E-state index is -0.554. The third kappa shape index (κ3) is 6.41. The molecule has 1 unspecified atom stereocenters. The van der Waals surface area contributed by atoms with E-state index in [2.05, 4.69) is 15.6 Å². The summed E-state index contributed by atoms with van der Waals surface area (Å²) >= 11 is 0. The van der Waals surface area contributed by atoms with Gasteiger partial charge in [0.1, 0.15) is 11.6 Å². The van der Waals surface area contributed by atoms with Crippen LogP contribution < -0.4 is 10.6 Å². The molecule has 2 N–H and O–H groups in total. The SMILES string of the molecule is CCNC(=NCC(c1c(F)cccc1F)N(C)C)NCCCOC. The number of ether oxygens (including phenoxy) is 1. The molecule has 0 saturated heterocycles. The molecule has 136 valence electrons. The van der Waals surface area contributed by atoms with Crippen molar-refractivity contribution in [2.45, 2.75) is 19.4 Å². The zero-order valence-corrected chi connectivity index (χ0v) is 14.9. The molecule has 7 heteroatoms. The van der Waals surface area contributed by atoms with Gasteiger partial charge in [0.2, 0.25) is 0 Å². The van der Waals surface area contributed by atoms with Crippen molar-refractivity contribution in [2.75, 3.05) is 47.4 Å². The second-order valence-electron chi connectivity index (χ2n) is 5.61. The highest BCUT2D eigenvalue weighted by Crippen LogP contribution is 2.24. The molecule has 0 bridgehead atoms. The van der Waals surface area contributed by atoms with E-state index in [0.29, 0.717) is 25.7 Å². The maximum absolute atomic E-state index is 14.1. The zero-order chi connectivity index (χ0) is 17.9. The average Bonchev–Trinajstić information content (AvgIpc) is 2.53. The highest BCUT2D eigenvalue weighted by molar-refractivity contribution is 5.79. The minimum absolute atomic E-state index is 0.0430. The van der Waals surface area contributed by atoms with Gasteiger partial charge in [0.05, 0.1) is 12.6 Å². The van der Waals surface area contributed by atoms with E-state index in [-0.39, 0.29) is 12.1 Å². The third-order valence-electron chi connectivity index (χ3n) is 3.54. The van der Waals surface area contributed by atoms with Crippen molar-refractivity contribution < 1.29 is 13.5 Å². The number of likely N-dealkylation sites (N-methyl/N-ethyl adjacent to an activating group) is 1. The van der Waals surface area contributed by atoms with E-state index < -0.39 is 17.7 Å². The minimum Gasteiger partial charge on any atom is -0.385 e. The zero-order valence-electron chi connectivity index (χ0n) is 14.9. The van der Waals surface area contributed by atoms with Crippen LogP contribution in [0.4, 0.5) is 8.78 Å². The highest BCUT2D eigenvalue weighted by Gasteiger charge is 2.22. The fraction of sp³-hybridized carbons (Fsp3) is 0.588. The average molecular weight is 342 g/mol. The first kappa shape index (κ1) is 20.3. The number of nitrogens with zero attached hydrogens (tertiary/aromatic N) is 2. The molecule has 24 heavy (non-hydrogen) atoms. The van der Waals surface area contributed by atoms with Crippen LogP contribution in [0.1, 0.15) is 24.9 Å². The molecule has 1 aromatic rings. The molecule has 0 aliphatic heterocycles. The molecule has 0 heterocycles. The van der Waals surface area contributed by atoms with E-state index in [4.69, 9.17) is 4.74 Å². The van der Waals surface area contributed by atoms with Crippen LogP contribution in [0, 0.1) is 11.6 Å². The van der Waals surface area contributed by atoms with Gasteiger partial charge < -0.3 is 20.3 Å². The van der Waals surface area contributed by atoms with Crippen LogP contribution in [0.2, 0.25) is 0 Å². The molecule has 0 saturated carbocycles. The summed E-state index contributed by atoms with van der Waals surface area (Å²) in [6.07, 6.45) is 0.847. The maximum atomic E-state index is 14.1. The fourth-order valence-electron chi connectivity index (χ4n) is 2.28. The van der Waals surface area contributed by atoms with Gasteiger partial charge in [-0.25, -0.2) is 8.78 Å². The predicted octanol–water partition coefficient (Wildman–Crippen LogP) is 2.16. The van der Waals surface area contributed by atoms with Crippen LogP contribution in [0.5, 0.6) is 0 Å². The Kier molecular flexibility index (Phi) is 9.26. The van der Waals surface area contributed by atoms with E-state index in [1.165, 1.54) is 18.2 Å². The second kappa shape index (κ2) is 10.9. The summed E-state index contributed by atoms with van der Waals surface area (Å²) in [5, 5.41) is 6.31. The maximum Gasteiger partial charge on any atom is 0.191 e. The lowest BCUT2D eigenvalue weighted by Gasteiger charge is -2.24. The predicted molar refractivity (Wildman–Crippen MR) is 93.3 cm³/mol. The van der Waals surface area contributed by atoms with Gasteiger partial charge in [-0.05, 0) is 39.6 Å². The Morgan fingerprint density at radius 1 is 1.25 bits per heavy atom. The van der Waals surface area contributed by atoms with Gasteiger partial charge in [-0.1, -0.05) is 6.07 Å². The summed E-state index contributed by atoms with van der Waals surface area (Å²) in [7, 11) is 5.22. The van der Waals surface area contributed by atoms with Gasteiger partial charge >= 0.3 is 0 Å². The number of hydrogen-bond donors (Lipinski definition) is 2. The standard InChI is InChI=1S/C17H28F2N4O/c1-5-20-17(21-10-7-11-24-4)22-12-15(23(2)3)16-13(18)8-6-9-14(16)19/h6,8-9,15H,5,7,10-12H2,1-4H3,(H2,20,21,22). The Balaban J connectivity index is 2.85. The normalized spacial score (nSPS) is 13.2. The van der Waals surface area contributed by atoms with Gasteiger partial charge in [0.15, 0.2) is 5.96 Å². The largest absolute Gasteiger partial charge is 0.385 e. The van der Waals surface area contributed by atoms with Gasteiger partial charge in [-0.15, -0.1) is 0 Å². The van der Waals surface area contributed by atoms with Gasteiger partial charge in [0, 0.05) is 32.4 Å². The Morgan fingerprint density at radius 2 is 1.92 bits per heavy atom. The van der Waals surface area contributed by atoms with Crippen molar-refractivity contribution in [2.24, 2.45) is 4.99 Å². The summed E-state index contributed by atoms with van der Waals surface area (Å²) in [5.74, 6) is -0.485. The number of benzene rings is 1. The summed E-state index contributed by atoms with van der Waals surface area (Å²) in [5.41, 5.74) is 0.0430. The Bertz CT molecular complexity index is 503. The molecule has 0 aromatic heterocycles. The first-order valence-electron chi connectivity index (χ1n) is 8.12. The van der Waals surface area contributed by atoms with Crippen LogP contribution in [-0.2, 0) is 4.74 Å². The molecule has 1 rings (SSSR count). The molecular formula is C17H28F2N4O. The molecule has 0 fully saturated rings. The Hall–Kier alpha value is -1.73. The van der Waals surface area contributed by atoms with Gasteiger partial charge in [0.25, 0.3) is 0 Å². The Morgan fingerprint density at radius 3 is 2.46 bits per heavy atom. The van der Waals surface area contributed by atoms with Crippen molar-refractivity contribution in [3.8, 4) is 0 Å². The topological polar surface area (TPSA) is 48.9 Å². The van der Waals surface area contributed by atoms with E-state index in [9.17, 15) is 8.78 Å². The number of nitrogens with one attached hydrogen (secondary N) is 2. The molecule has 0 radical (unpaired) electrons. The molecular weight excluding hydrogens is 314 g/mol. The quantitative estimate of drug-likeness (QED) is 0.410. The van der Waals surface area contributed by atoms with Crippen LogP contribution in [-0.4, -0.2) is 58.3 Å². The van der Waals surface area contributed by atoms with Crippen molar-refractivity contribution in [3.63, 3.8) is 0 Å². The molecule has 0 aliphatic carbocycles. The molecule has 0 aliphatic rings. The van der Waals surface area contributed by atoms with Crippen LogP contribution in [0.25, 0.3) is 0 Å². The summed E-state index contributed by atoms with van der Waals surface area (Å²) in [6, 6.07) is 3.42. The van der Waals surface area contributed by atoms with Crippen LogP contribution >= 0.6 is 0 Å². The first-order valence-corrected chi connectivity index (χ1v) is 8.12. The van der Waals surface area contributed by atoms with E-state index in [0.717, 1.165) is 6.42 Å². The van der Waals surface area contributed by atoms with Crippen LogP contribution in [0.15, 0.2) is 23.2 Å². The number of guanidine groups is 1. The van der Waals surface area contributed by atoms with E-state index in [1.54, 1.807) is 26.1 Å². The lowest BCUT2D eigenvalue weighted by atomic mass is 10.0.